The first-order chi connectivity index (χ1) is 15.4. The van der Waals surface area contributed by atoms with Gasteiger partial charge in [0.15, 0.2) is 5.82 Å². The van der Waals surface area contributed by atoms with Crippen LogP contribution in [0.2, 0.25) is 0 Å². The number of hydrogen-bond acceptors (Lipinski definition) is 6. The predicted octanol–water partition coefficient (Wildman–Crippen LogP) is 3.17. The van der Waals surface area contributed by atoms with Gasteiger partial charge in [0.25, 0.3) is 0 Å². The number of carbonyl (C=O) groups is 1. The Bertz CT molecular complexity index is 1160. The van der Waals surface area contributed by atoms with Crippen molar-refractivity contribution in [1.82, 2.24) is 19.7 Å². The summed E-state index contributed by atoms with van der Waals surface area (Å²) in [6, 6.07) is 10.6. The average Bonchev–Trinajstić information content (AvgIpc) is 3.15. The Morgan fingerprint density at radius 1 is 1.12 bits per heavy atom. The highest BCUT2D eigenvalue weighted by Crippen LogP contribution is 2.37. The molecular weight excluding hydrogens is 408 g/mol. The topological polar surface area (TPSA) is 111 Å². The minimum Gasteiger partial charge on any atom is -0.508 e. The number of aldehydes is 1. The third-order valence-electron chi connectivity index (χ3n) is 6.11. The van der Waals surface area contributed by atoms with Crippen molar-refractivity contribution < 1.29 is 15.0 Å². The lowest BCUT2D eigenvalue weighted by Crippen LogP contribution is -2.33. The predicted molar refractivity (Wildman–Crippen MR) is 121 cm³/mol. The van der Waals surface area contributed by atoms with Crippen LogP contribution >= 0.6 is 0 Å². The molecule has 168 valence electrons. The second kappa shape index (κ2) is 9.00. The summed E-state index contributed by atoms with van der Waals surface area (Å²) in [5.74, 6) is 0.338. The van der Waals surface area contributed by atoms with Crippen LogP contribution in [0.15, 0.2) is 41.2 Å². The molecule has 1 aliphatic heterocycles. The molecule has 0 atom stereocenters. The second-order valence-electron chi connectivity index (χ2n) is 8.69. The summed E-state index contributed by atoms with van der Waals surface area (Å²) in [4.78, 5) is 25.8. The van der Waals surface area contributed by atoms with Crippen molar-refractivity contribution >= 4 is 6.29 Å². The van der Waals surface area contributed by atoms with E-state index in [1.807, 2.05) is 38.1 Å². The third-order valence-corrected chi connectivity index (χ3v) is 6.11. The first-order valence-electron chi connectivity index (χ1n) is 10.9. The Labute approximate surface area is 186 Å². The van der Waals surface area contributed by atoms with Crippen molar-refractivity contribution in [1.29, 1.82) is 0 Å². The largest absolute Gasteiger partial charge is 0.508 e. The summed E-state index contributed by atoms with van der Waals surface area (Å²) in [5.41, 5.74) is 2.36. The second-order valence-corrected chi connectivity index (χ2v) is 8.69. The summed E-state index contributed by atoms with van der Waals surface area (Å²) in [6.45, 7) is 6.46. The molecule has 0 unspecified atom stereocenters. The average molecular weight is 437 g/mol. The fraction of sp³-hybridized carbons (Fsp3) is 0.375. The highest BCUT2D eigenvalue weighted by molar-refractivity contribution is 5.69. The zero-order chi connectivity index (χ0) is 22.8. The van der Waals surface area contributed by atoms with Gasteiger partial charge in [-0.1, -0.05) is 26.0 Å². The molecule has 0 saturated carbocycles. The molecule has 1 aliphatic rings. The van der Waals surface area contributed by atoms with Crippen molar-refractivity contribution in [3.05, 3.63) is 58.0 Å². The van der Waals surface area contributed by atoms with Gasteiger partial charge in [-0.25, -0.2) is 14.5 Å². The van der Waals surface area contributed by atoms with E-state index in [0.717, 1.165) is 44.3 Å². The zero-order valence-electron chi connectivity index (χ0n) is 18.3. The Morgan fingerprint density at radius 2 is 1.81 bits per heavy atom. The molecule has 0 bridgehead atoms. The number of nitrogens with zero attached hydrogens (tertiary/aromatic N) is 3. The lowest BCUT2D eigenvalue weighted by molar-refractivity contribution is -0.112. The number of likely N-dealkylation sites (tertiary alicyclic amines) is 1. The van der Waals surface area contributed by atoms with Gasteiger partial charge in [-0.3, -0.25) is 4.90 Å². The van der Waals surface area contributed by atoms with Gasteiger partial charge in [0.05, 0.1) is 11.3 Å². The van der Waals surface area contributed by atoms with Gasteiger partial charge in [0.1, 0.15) is 17.8 Å². The number of nitrogens with one attached hydrogen (secondary N) is 1. The smallest absolute Gasteiger partial charge is 0.348 e. The van der Waals surface area contributed by atoms with E-state index in [9.17, 15) is 19.8 Å². The van der Waals surface area contributed by atoms with E-state index in [-0.39, 0.29) is 29.2 Å². The number of aromatic nitrogens is 3. The standard InChI is InChI=1S/C24H28N4O4/c1-15(2)19-11-20(22(31)12-21(19)30)23-25-26-24(32)28(23)18-5-3-16(4-6-18)13-27-9-7-17(14-29)8-10-27/h3-6,11-12,14-15,17,30-31H,7-10,13H2,1-2H3,(H,26,32). The number of piperidine rings is 1. The van der Waals surface area contributed by atoms with Crippen LogP contribution in [0.1, 0.15) is 43.7 Å². The van der Waals surface area contributed by atoms with Crippen molar-refractivity contribution in [2.24, 2.45) is 5.92 Å². The number of H-pyrrole nitrogens is 1. The highest BCUT2D eigenvalue weighted by atomic mass is 16.3. The maximum Gasteiger partial charge on any atom is 0.348 e. The summed E-state index contributed by atoms with van der Waals surface area (Å²) in [6.07, 6.45) is 2.84. The Balaban J connectivity index is 1.61. The normalized spacial score (nSPS) is 15.3. The lowest BCUT2D eigenvalue weighted by atomic mass is 9.98. The van der Waals surface area contributed by atoms with Crippen LogP contribution in [0.3, 0.4) is 0 Å². The van der Waals surface area contributed by atoms with E-state index in [2.05, 4.69) is 15.1 Å². The molecule has 2 heterocycles. The molecule has 2 aromatic carbocycles. The van der Waals surface area contributed by atoms with Crippen LogP contribution in [-0.4, -0.2) is 49.3 Å². The molecule has 8 heteroatoms. The number of carbonyl (C=O) groups excluding carboxylic acids is 1. The van der Waals surface area contributed by atoms with Crippen molar-refractivity contribution in [3.63, 3.8) is 0 Å². The molecule has 0 spiro atoms. The molecule has 1 fully saturated rings. The molecule has 8 nitrogen and oxygen atoms in total. The van der Waals surface area contributed by atoms with Gasteiger partial charge in [-0.2, -0.15) is 5.10 Å². The third kappa shape index (κ3) is 4.31. The van der Waals surface area contributed by atoms with Crippen molar-refractivity contribution in [2.45, 2.75) is 39.2 Å². The molecule has 1 saturated heterocycles. The fourth-order valence-corrected chi connectivity index (χ4v) is 4.21. The van der Waals surface area contributed by atoms with Gasteiger partial charge >= 0.3 is 5.69 Å². The molecule has 0 aliphatic carbocycles. The lowest BCUT2D eigenvalue weighted by Gasteiger charge is -2.29. The number of aromatic amines is 1. The Morgan fingerprint density at radius 3 is 2.44 bits per heavy atom. The van der Waals surface area contributed by atoms with E-state index in [1.165, 1.54) is 10.6 Å². The van der Waals surface area contributed by atoms with Gasteiger partial charge in [0.2, 0.25) is 0 Å². The van der Waals surface area contributed by atoms with Gasteiger partial charge in [-0.15, -0.1) is 0 Å². The number of phenolic OH excluding ortho intramolecular Hbond substituents is 2. The first kappa shape index (κ1) is 21.8. The Hall–Kier alpha value is -3.39. The molecule has 0 radical (unpaired) electrons. The van der Waals surface area contributed by atoms with E-state index in [0.29, 0.717) is 16.8 Å². The summed E-state index contributed by atoms with van der Waals surface area (Å²) < 4.78 is 1.41. The monoisotopic (exact) mass is 436 g/mol. The van der Waals surface area contributed by atoms with Crippen LogP contribution in [0.25, 0.3) is 17.1 Å². The van der Waals surface area contributed by atoms with E-state index >= 15 is 0 Å². The van der Waals surface area contributed by atoms with Crippen LogP contribution in [0.5, 0.6) is 11.5 Å². The molecular formula is C24H28N4O4. The van der Waals surface area contributed by atoms with Gasteiger partial charge < -0.3 is 15.0 Å². The number of benzene rings is 2. The van der Waals surface area contributed by atoms with Gasteiger partial charge in [0, 0.05) is 18.5 Å². The van der Waals surface area contributed by atoms with Crippen LogP contribution in [0.4, 0.5) is 0 Å². The Kier molecular flexibility index (Phi) is 6.14. The summed E-state index contributed by atoms with van der Waals surface area (Å²) >= 11 is 0. The maximum absolute atomic E-state index is 12.5. The maximum atomic E-state index is 12.5. The quantitative estimate of drug-likeness (QED) is 0.512. The van der Waals surface area contributed by atoms with Gasteiger partial charge in [-0.05, 0) is 61.2 Å². The SMILES string of the molecule is CC(C)c1cc(-c2n[nH]c(=O)n2-c2ccc(CN3CCC(C=O)CC3)cc2)c(O)cc1O. The van der Waals surface area contributed by atoms with E-state index < -0.39 is 5.69 Å². The summed E-state index contributed by atoms with van der Waals surface area (Å²) in [7, 11) is 0. The van der Waals surface area contributed by atoms with Crippen LogP contribution in [0, 0.1) is 5.92 Å². The minimum absolute atomic E-state index is 0.00668. The molecule has 0 amide bonds. The molecule has 3 N–H and O–H groups in total. The number of phenols is 2. The fourth-order valence-electron chi connectivity index (χ4n) is 4.21. The van der Waals surface area contributed by atoms with E-state index in [4.69, 9.17) is 0 Å². The molecule has 32 heavy (non-hydrogen) atoms. The first-order valence-corrected chi connectivity index (χ1v) is 10.9. The number of aromatic hydroxyl groups is 2. The van der Waals surface area contributed by atoms with Crippen molar-refractivity contribution in [3.8, 4) is 28.6 Å². The highest BCUT2D eigenvalue weighted by Gasteiger charge is 2.21. The zero-order valence-corrected chi connectivity index (χ0v) is 18.3. The molecule has 3 aromatic rings. The van der Waals surface area contributed by atoms with Crippen LogP contribution in [-0.2, 0) is 11.3 Å². The van der Waals surface area contributed by atoms with Crippen molar-refractivity contribution in [2.75, 3.05) is 13.1 Å². The van der Waals surface area contributed by atoms with E-state index in [1.54, 1.807) is 6.07 Å². The number of rotatable bonds is 6. The summed E-state index contributed by atoms with van der Waals surface area (Å²) in [5, 5.41) is 27.2. The molecule has 4 rings (SSSR count). The number of hydrogen-bond donors (Lipinski definition) is 3. The minimum atomic E-state index is -0.415. The van der Waals surface area contributed by atoms with Crippen LogP contribution < -0.4 is 5.69 Å². The molecule has 1 aromatic heterocycles.